The Morgan fingerprint density at radius 3 is 2.74 bits per heavy atom. The van der Waals surface area contributed by atoms with Crippen molar-refractivity contribution >= 4 is 0 Å². The van der Waals surface area contributed by atoms with Gasteiger partial charge in [0, 0.05) is 29.2 Å². The third-order valence-electron chi connectivity index (χ3n) is 4.82. The average molecular weight is 375 g/mol. The van der Waals surface area contributed by atoms with Crippen molar-refractivity contribution in [1.29, 1.82) is 0 Å². The second-order valence-corrected chi connectivity index (χ2v) is 8.10. The minimum absolute atomic E-state index is 0.0418. The molecule has 2 heterocycles. The van der Waals surface area contributed by atoms with Gasteiger partial charge in [-0.25, -0.2) is 13.8 Å². The highest BCUT2D eigenvalue weighted by molar-refractivity contribution is 5.69. The van der Waals surface area contributed by atoms with Crippen molar-refractivity contribution in [3.8, 4) is 17.0 Å². The molecule has 0 unspecified atom stereocenters. The first-order valence-electron chi connectivity index (χ1n) is 9.44. The van der Waals surface area contributed by atoms with E-state index < -0.39 is 12.0 Å². The molecule has 146 valence electrons. The van der Waals surface area contributed by atoms with Crippen LogP contribution in [0.3, 0.4) is 0 Å². The topological polar surface area (TPSA) is 61.0 Å². The third-order valence-corrected chi connectivity index (χ3v) is 4.82. The quantitative estimate of drug-likeness (QED) is 0.761. The molecule has 0 aromatic carbocycles. The van der Waals surface area contributed by atoms with Crippen molar-refractivity contribution < 1.29 is 13.5 Å². The zero-order valence-corrected chi connectivity index (χ0v) is 16.1. The van der Waals surface area contributed by atoms with E-state index in [1.54, 1.807) is 12.4 Å². The Hall–Kier alpha value is -2.08. The Morgan fingerprint density at radius 1 is 1.26 bits per heavy atom. The Morgan fingerprint density at radius 2 is 2.04 bits per heavy atom. The van der Waals surface area contributed by atoms with Crippen LogP contribution in [0.1, 0.15) is 56.9 Å². The lowest BCUT2D eigenvalue weighted by atomic mass is 9.93. The zero-order valence-electron chi connectivity index (χ0n) is 16.1. The van der Waals surface area contributed by atoms with Gasteiger partial charge in [-0.2, -0.15) is 0 Å². The monoisotopic (exact) mass is 375 g/mol. The molecule has 0 saturated carbocycles. The lowest BCUT2D eigenvalue weighted by molar-refractivity contribution is 0.137. The molecular weight excluding hydrogens is 348 g/mol. The highest BCUT2D eigenvalue weighted by atomic mass is 19.3. The fourth-order valence-electron chi connectivity index (χ4n) is 3.85. The molecule has 2 aromatic rings. The van der Waals surface area contributed by atoms with Crippen LogP contribution >= 0.6 is 0 Å². The minimum atomic E-state index is -2.67. The molecule has 1 aliphatic carbocycles. The second-order valence-electron chi connectivity index (χ2n) is 8.10. The summed E-state index contributed by atoms with van der Waals surface area (Å²) < 4.78 is 32.9. The number of pyridine rings is 2. The first-order chi connectivity index (χ1) is 12.8. The zero-order chi connectivity index (χ0) is 19.6. The van der Waals surface area contributed by atoms with E-state index in [9.17, 15) is 8.78 Å². The van der Waals surface area contributed by atoms with E-state index in [0.717, 1.165) is 42.5 Å². The van der Waals surface area contributed by atoms with E-state index in [1.807, 2.05) is 13.0 Å². The van der Waals surface area contributed by atoms with Gasteiger partial charge in [-0.05, 0) is 61.8 Å². The first-order valence-corrected chi connectivity index (χ1v) is 9.44. The van der Waals surface area contributed by atoms with Gasteiger partial charge in [-0.15, -0.1) is 0 Å². The number of rotatable bonds is 7. The number of aromatic nitrogens is 2. The summed E-state index contributed by atoms with van der Waals surface area (Å²) in [5.41, 5.74) is 9.23. The van der Waals surface area contributed by atoms with Crippen molar-refractivity contribution in [2.75, 3.05) is 6.61 Å². The van der Waals surface area contributed by atoms with Crippen molar-refractivity contribution in [1.82, 2.24) is 9.97 Å². The molecule has 0 aliphatic heterocycles. The average Bonchev–Trinajstić information content (AvgIpc) is 3.07. The van der Waals surface area contributed by atoms with Crippen LogP contribution in [0, 0.1) is 5.92 Å². The van der Waals surface area contributed by atoms with Crippen LogP contribution in [0.25, 0.3) is 11.1 Å². The number of aryl methyl sites for hydroxylation is 1. The van der Waals surface area contributed by atoms with Gasteiger partial charge in [-0.1, -0.05) is 13.8 Å². The van der Waals surface area contributed by atoms with Crippen LogP contribution in [0.2, 0.25) is 0 Å². The van der Waals surface area contributed by atoms with Crippen LogP contribution in [-0.2, 0) is 12.8 Å². The number of nitrogens with zero attached hydrogens (tertiary/aromatic N) is 2. The molecule has 3 rings (SSSR count). The highest BCUT2D eigenvalue weighted by Crippen LogP contribution is 2.35. The Bertz CT molecular complexity index is 806. The summed E-state index contributed by atoms with van der Waals surface area (Å²) in [6.45, 7) is 6.14. The van der Waals surface area contributed by atoms with Gasteiger partial charge in [0.2, 0.25) is 5.88 Å². The molecule has 4 nitrogen and oxygen atoms in total. The molecule has 6 heteroatoms. The van der Waals surface area contributed by atoms with E-state index in [4.69, 9.17) is 10.5 Å². The number of halogens is 2. The molecule has 2 aromatic heterocycles. The summed E-state index contributed by atoms with van der Waals surface area (Å²) >= 11 is 0. The number of alkyl halides is 2. The highest BCUT2D eigenvalue weighted by Gasteiger charge is 2.25. The van der Waals surface area contributed by atoms with E-state index in [2.05, 4.69) is 23.8 Å². The van der Waals surface area contributed by atoms with Gasteiger partial charge in [0.25, 0.3) is 6.43 Å². The van der Waals surface area contributed by atoms with Gasteiger partial charge >= 0.3 is 0 Å². The number of hydrogen-bond acceptors (Lipinski definition) is 4. The molecule has 0 saturated heterocycles. The Balaban J connectivity index is 1.87. The maximum absolute atomic E-state index is 13.7. The Labute approximate surface area is 159 Å². The van der Waals surface area contributed by atoms with Crippen LogP contribution in [0.4, 0.5) is 8.78 Å². The number of nitrogens with two attached hydrogens (primary N) is 1. The van der Waals surface area contributed by atoms with Gasteiger partial charge < -0.3 is 10.5 Å². The van der Waals surface area contributed by atoms with E-state index in [0.29, 0.717) is 11.5 Å². The molecule has 0 fully saturated rings. The standard InChI is InChI=1S/C21H27F2N3O/c1-13(2)10-21(3,24)12-27-20-17(19(22)23)9-14(11-26-20)15-7-8-25-18-6-4-5-16(15)18/h7-9,11,13,19H,4-6,10,12,24H2,1-3H3/t21-/m0/s1. The summed E-state index contributed by atoms with van der Waals surface area (Å²) in [4.78, 5) is 8.60. The lowest BCUT2D eigenvalue weighted by Crippen LogP contribution is -2.43. The van der Waals surface area contributed by atoms with Crippen molar-refractivity contribution in [2.24, 2.45) is 11.7 Å². The van der Waals surface area contributed by atoms with E-state index >= 15 is 0 Å². The van der Waals surface area contributed by atoms with E-state index in [-0.39, 0.29) is 18.1 Å². The van der Waals surface area contributed by atoms with Gasteiger partial charge in [0.1, 0.15) is 6.61 Å². The maximum atomic E-state index is 13.7. The van der Waals surface area contributed by atoms with Crippen LogP contribution < -0.4 is 10.5 Å². The molecular formula is C21H27F2N3O. The van der Waals surface area contributed by atoms with Crippen molar-refractivity contribution in [3.05, 3.63) is 41.3 Å². The first kappa shape index (κ1) is 19.7. The summed E-state index contributed by atoms with van der Waals surface area (Å²) in [6.07, 6.45) is 4.30. The molecule has 1 atom stereocenters. The minimum Gasteiger partial charge on any atom is -0.475 e. The number of ether oxygens (including phenoxy) is 1. The molecule has 0 bridgehead atoms. The maximum Gasteiger partial charge on any atom is 0.269 e. The van der Waals surface area contributed by atoms with Gasteiger partial charge in [-0.3, -0.25) is 4.98 Å². The summed E-state index contributed by atoms with van der Waals surface area (Å²) in [5, 5.41) is 0. The van der Waals surface area contributed by atoms with Crippen LogP contribution in [0.5, 0.6) is 5.88 Å². The lowest BCUT2D eigenvalue weighted by Gasteiger charge is -2.26. The number of fused-ring (bicyclic) bond motifs is 1. The fraction of sp³-hybridized carbons (Fsp3) is 0.524. The predicted molar refractivity (Wildman–Crippen MR) is 102 cm³/mol. The number of hydrogen-bond donors (Lipinski definition) is 1. The van der Waals surface area contributed by atoms with Gasteiger partial charge in [0.15, 0.2) is 0 Å². The normalized spacial score (nSPS) is 15.9. The second kappa shape index (κ2) is 7.89. The van der Waals surface area contributed by atoms with Crippen molar-refractivity contribution in [2.45, 2.75) is 58.4 Å². The van der Waals surface area contributed by atoms with Crippen LogP contribution in [0.15, 0.2) is 24.5 Å². The predicted octanol–water partition coefficient (Wildman–Crippen LogP) is 4.71. The molecule has 0 amide bonds. The summed E-state index contributed by atoms with van der Waals surface area (Å²) in [7, 11) is 0. The van der Waals surface area contributed by atoms with Gasteiger partial charge in [0.05, 0.1) is 5.56 Å². The molecule has 1 aliphatic rings. The van der Waals surface area contributed by atoms with Crippen LogP contribution in [-0.4, -0.2) is 22.1 Å². The molecule has 0 spiro atoms. The Kier molecular flexibility index (Phi) is 5.75. The SMILES string of the molecule is CC(C)C[C@](C)(N)COc1ncc(-c2ccnc3c2CCC3)cc1C(F)F. The molecule has 2 N–H and O–H groups in total. The molecule has 27 heavy (non-hydrogen) atoms. The summed E-state index contributed by atoms with van der Waals surface area (Å²) in [6, 6.07) is 3.35. The smallest absolute Gasteiger partial charge is 0.269 e. The third kappa shape index (κ3) is 4.61. The largest absolute Gasteiger partial charge is 0.475 e. The van der Waals surface area contributed by atoms with Crippen molar-refractivity contribution in [3.63, 3.8) is 0 Å². The van der Waals surface area contributed by atoms with E-state index in [1.165, 1.54) is 6.07 Å². The summed E-state index contributed by atoms with van der Waals surface area (Å²) in [5.74, 6) is 0.349. The molecule has 0 radical (unpaired) electrons. The fourth-order valence-corrected chi connectivity index (χ4v) is 3.85.